The number of hydrogen-bond acceptors (Lipinski definition) is 6. The van der Waals surface area contributed by atoms with Crippen molar-refractivity contribution in [2.75, 3.05) is 12.4 Å². The van der Waals surface area contributed by atoms with Gasteiger partial charge in [0.2, 0.25) is 17.6 Å². The minimum Gasteiger partial charge on any atom is -0.465 e. The molecule has 0 saturated carbocycles. The average Bonchev–Trinajstić information content (AvgIpc) is 3.18. The lowest BCUT2D eigenvalue weighted by Crippen LogP contribution is -2.13. The predicted molar refractivity (Wildman–Crippen MR) is 99.0 cm³/mol. The molecule has 1 heterocycles. The van der Waals surface area contributed by atoms with Gasteiger partial charge in [-0.15, -0.1) is 0 Å². The third-order valence-corrected chi connectivity index (χ3v) is 3.95. The first-order chi connectivity index (χ1) is 13.6. The van der Waals surface area contributed by atoms with Crippen molar-refractivity contribution in [3.63, 3.8) is 0 Å². The lowest BCUT2D eigenvalue weighted by Gasteiger charge is -2.07. The van der Waals surface area contributed by atoms with Gasteiger partial charge in [-0.3, -0.25) is 4.79 Å². The molecule has 0 bridgehead atoms. The van der Waals surface area contributed by atoms with Crippen molar-refractivity contribution in [3.05, 3.63) is 65.8 Å². The van der Waals surface area contributed by atoms with Gasteiger partial charge in [-0.05, 0) is 24.6 Å². The molecule has 0 fully saturated rings. The number of carbonyl (C=O) groups is 2. The number of anilines is 1. The highest BCUT2D eigenvalue weighted by atomic mass is 19.1. The van der Waals surface area contributed by atoms with E-state index in [-0.39, 0.29) is 17.9 Å². The highest BCUT2D eigenvalue weighted by Gasteiger charge is 2.14. The summed E-state index contributed by atoms with van der Waals surface area (Å²) in [5.41, 5.74) is 0.934. The maximum Gasteiger partial charge on any atom is 0.340 e. The van der Waals surface area contributed by atoms with Gasteiger partial charge in [0.05, 0.1) is 12.7 Å². The molecule has 144 valence electrons. The van der Waals surface area contributed by atoms with E-state index in [2.05, 4.69) is 20.2 Å². The minimum absolute atomic E-state index is 0.202. The molecular weight excluding hydrogens is 365 g/mol. The molecule has 0 saturated heterocycles. The number of carbonyl (C=O) groups excluding carboxylic acids is 2. The molecule has 0 radical (unpaired) electrons. The van der Waals surface area contributed by atoms with Gasteiger partial charge >= 0.3 is 5.97 Å². The van der Waals surface area contributed by atoms with Crippen LogP contribution >= 0.6 is 0 Å². The Morgan fingerprint density at radius 2 is 1.96 bits per heavy atom. The van der Waals surface area contributed by atoms with Crippen molar-refractivity contribution in [2.45, 2.75) is 19.3 Å². The Hall–Kier alpha value is -3.55. The van der Waals surface area contributed by atoms with Crippen molar-refractivity contribution < 1.29 is 23.2 Å². The van der Waals surface area contributed by atoms with Crippen molar-refractivity contribution in [2.24, 2.45) is 0 Å². The third kappa shape index (κ3) is 4.79. The summed E-state index contributed by atoms with van der Waals surface area (Å²) in [6, 6.07) is 13.2. The fraction of sp³-hybridized carbons (Fsp3) is 0.200. The summed E-state index contributed by atoms with van der Waals surface area (Å²) in [7, 11) is 1.16. The smallest absolute Gasteiger partial charge is 0.340 e. The lowest BCUT2D eigenvalue weighted by molar-refractivity contribution is -0.116. The number of methoxy groups -OCH3 is 1. The quantitative estimate of drug-likeness (QED) is 0.626. The first-order valence-electron chi connectivity index (χ1n) is 8.62. The zero-order valence-corrected chi connectivity index (χ0v) is 15.1. The molecule has 1 amide bonds. The van der Waals surface area contributed by atoms with Gasteiger partial charge in [0, 0.05) is 24.1 Å². The predicted octanol–water partition coefficient (Wildman–Crippen LogP) is 3.62. The van der Waals surface area contributed by atoms with Crippen molar-refractivity contribution in [3.8, 4) is 11.4 Å². The van der Waals surface area contributed by atoms with E-state index in [4.69, 9.17) is 4.52 Å². The Labute approximate surface area is 160 Å². The van der Waals surface area contributed by atoms with E-state index < -0.39 is 11.8 Å². The molecule has 0 atom stereocenters. The molecule has 8 heteroatoms. The number of rotatable bonds is 7. The molecule has 7 nitrogen and oxygen atoms in total. The van der Waals surface area contributed by atoms with Gasteiger partial charge in [0.15, 0.2) is 0 Å². The van der Waals surface area contributed by atoms with E-state index in [1.165, 1.54) is 12.1 Å². The fourth-order valence-electron chi connectivity index (χ4n) is 2.55. The molecule has 1 aromatic heterocycles. The number of esters is 1. The van der Waals surface area contributed by atoms with Crippen LogP contribution < -0.4 is 5.32 Å². The van der Waals surface area contributed by atoms with Crippen molar-refractivity contribution >= 4 is 17.6 Å². The number of amides is 1. The molecule has 2 aromatic carbocycles. The van der Waals surface area contributed by atoms with Crippen LogP contribution in [0.1, 0.15) is 29.1 Å². The van der Waals surface area contributed by atoms with Crippen LogP contribution in [0.3, 0.4) is 0 Å². The second-order valence-corrected chi connectivity index (χ2v) is 5.97. The summed E-state index contributed by atoms with van der Waals surface area (Å²) in [6.45, 7) is 0. The summed E-state index contributed by atoms with van der Waals surface area (Å²) in [5, 5.41) is 6.55. The van der Waals surface area contributed by atoms with E-state index in [0.29, 0.717) is 30.2 Å². The van der Waals surface area contributed by atoms with Gasteiger partial charge < -0.3 is 14.6 Å². The molecule has 3 aromatic rings. The molecule has 0 unspecified atom stereocenters. The van der Waals surface area contributed by atoms with Gasteiger partial charge in [-0.2, -0.15) is 4.98 Å². The summed E-state index contributed by atoms with van der Waals surface area (Å²) in [6.07, 6.45) is 1.14. The normalized spacial score (nSPS) is 10.5. The van der Waals surface area contributed by atoms with Gasteiger partial charge in [0.1, 0.15) is 5.82 Å². The highest BCUT2D eigenvalue weighted by molar-refractivity contribution is 5.94. The molecule has 28 heavy (non-hydrogen) atoms. The van der Waals surface area contributed by atoms with Crippen LogP contribution in [0.25, 0.3) is 11.4 Å². The van der Waals surface area contributed by atoms with E-state index in [0.717, 1.165) is 18.7 Å². The van der Waals surface area contributed by atoms with Crippen LogP contribution in [0.15, 0.2) is 53.1 Å². The van der Waals surface area contributed by atoms with Gasteiger partial charge in [-0.25, -0.2) is 9.18 Å². The number of nitrogens with zero attached hydrogens (tertiary/aromatic N) is 2. The van der Waals surface area contributed by atoms with Crippen LogP contribution in [0.4, 0.5) is 10.1 Å². The van der Waals surface area contributed by atoms with Gasteiger partial charge in [-0.1, -0.05) is 35.5 Å². The number of halogens is 1. The molecule has 0 spiro atoms. The van der Waals surface area contributed by atoms with E-state index >= 15 is 0 Å². The molecule has 0 aliphatic carbocycles. The van der Waals surface area contributed by atoms with Gasteiger partial charge in [0.25, 0.3) is 0 Å². The molecule has 0 aliphatic rings. The van der Waals surface area contributed by atoms with Crippen LogP contribution in [0, 0.1) is 5.82 Å². The van der Waals surface area contributed by atoms with Crippen LogP contribution in [0.5, 0.6) is 0 Å². The Kier molecular flexibility index (Phi) is 6.11. The van der Waals surface area contributed by atoms with Crippen LogP contribution in [0.2, 0.25) is 0 Å². The monoisotopic (exact) mass is 383 g/mol. The maximum absolute atomic E-state index is 13.6. The largest absolute Gasteiger partial charge is 0.465 e. The third-order valence-electron chi connectivity index (χ3n) is 3.95. The summed E-state index contributed by atoms with van der Waals surface area (Å²) < 4.78 is 23.3. The minimum atomic E-state index is -0.806. The molecular formula is C20H18FN3O4. The number of ether oxygens (including phenoxy) is 1. The lowest BCUT2D eigenvalue weighted by atomic mass is 10.1. The Morgan fingerprint density at radius 3 is 2.71 bits per heavy atom. The number of aryl methyl sites for hydroxylation is 1. The van der Waals surface area contributed by atoms with E-state index in [1.54, 1.807) is 0 Å². The number of aromatic nitrogens is 2. The fourth-order valence-corrected chi connectivity index (χ4v) is 2.55. The van der Waals surface area contributed by atoms with Crippen molar-refractivity contribution in [1.82, 2.24) is 10.1 Å². The van der Waals surface area contributed by atoms with Crippen LogP contribution in [-0.2, 0) is 16.0 Å². The van der Waals surface area contributed by atoms with Crippen LogP contribution in [-0.4, -0.2) is 29.1 Å². The summed E-state index contributed by atoms with van der Waals surface area (Å²) in [5.74, 6) is -0.844. The standard InChI is InChI=1S/C20H18FN3O4/c1-27-20(26)15-12-14(10-11-16(15)21)22-17(25)8-5-9-18-23-19(24-28-18)13-6-3-2-4-7-13/h2-4,6-7,10-12H,5,8-9H2,1H3,(H,22,25). The SMILES string of the molecule is COC(=O)c1cc(NC(=O)CCCc2nc(-c3ccccc3)no2)ccc1F. The Bertz CT molecular complexity index is 973. The zero-order valence-electron chi connectivity index (χ0n) is 15.1. The molecule has 1 N–H and O–H groups in total. The van der Waals surface area contributed by atoms with E-state index in [9.17, 15) is 14.0 Å². The summed E-state index contributed by atoms with van der Waals surface area (Å²) in [4.78, 5) is 27.9. The Morgan fingerprint density at radius 1 is 1.18 bits per heavy atom. The first-order valence-corrected chi connectivity index (χ1v) is 8.62. The number of nitrogens with one attached hydrogen (secondary N) is 1. The summed E-state index contributed by atoms with van der Waals surface area (Å²) >= 11 is 0. The average molecular weight is 383 g/mol. The second-order valence-electron chi connectivity index (χ2n) is 5.97. The molecule has 3 rings (SSSR count). The first kappa shape index (κ1) is 19.2. The number of benzene rings is 2. The Balaban J connectivity index is 1.51. The highest BCUT2D eigenvalue weighted by Crippen LogP contribution is 2.17. The van der Waals surface area contributed by atoms with E-state index in [1.807, 2.05) is 30.3 Å². The van der Waals surface area contributed by atoms with Crippen molar-refractivity contribution in [1.29, 1.82) is 0 Å². The molecule has 0 aliphatic heterocycles. The number of hydrogen-bond donors (Lipinski definition) is 1. The zero-order chi connectivity index (χ0) is 19.9. The maximum atomic E-state index is 13.6. The second kappa shape index (κ2) is 8.90. The topological polar surface area (TPSA) is 94.3 Å².